The van der Waals surface area contributed by atoms with Crippen LogP contribution in [0.15, 0.2) is 30.3 Å². The topological polar surface area (TPSA) is 75.4 Å². The van der Waals surface area contributed by atoms with Crippen molar-refractivity contribution in [3.63, 3.8) is 0 Å². The number of rotatable bonds is 4. The number of nitrogens with one attached hydrogen (secondary N) is 1. The molecular weight excluding hydrogens is 288 g/mol. The molecule has 0 bridgehead atoms. The van der Waals surface area contributed by atoms with Crippen molar-refractivity contribution in [2.75, 3.05) is 6.54 Å². The third-order valence-electron chi connectivity index (χ3n) is 4.39. The molecule has 0 saturated heterocycles. The number of benzene rings is 1. The maximum Gasteiger partial charge on any atom is 0.241 e. The van der Waals surface area contributed by atoms with E-state index in [-0.39, 0.29) is 29.8 Å². The predicted molar refractivity (Wildman–Crippen MR) is 86.2 cm³/mol. The van der Waals surface area contributed by atoms with Gasteiger partial charge in [0.05, 0.1) is 6.10 Å². The molecule has 0 radical (unpaired) electrons. The lowest BCUT2D eigenvalue weighted by Gasteiger charge is -2.38. The third-order valence-corrected chi connectivity index (χ3v) is 4.39. The Morgan fingerprint density at radius 2 is 2.10 bits per heavy atom. The first kappa shape index (κ1) is 18.0. The predicted octanol–water partition coefficient (Wildman–Crippen LogP) is 2.17. The van der Waals surface area contributed by atoms with Gasteiger partial charge in [0, 0.05) is 12.0 Å². The van der Waals surface area contributed by atoms with Crippen molar-refractivity contribution >= 4 is 18.3 Å². The van der Waals surface area contributed by atoms with Crippen LogP contribution < -0.4 is 11.1 Å². The molecule has 118 valence electrons. The molecular formula is C16H25ClN2O2. The van der Waals surface area contributed by atoms with E-state index in [9.17, 15) is 9.90 Å². The van der Waals surface area contributed by atoms with E-state index >= 15 is 0 Å². The molecule has 5 heteroatoms. The lowest BCUT2D eigenvalue weighted by molar-refractivity contribution is -0.123. The molecule has 1 aromatic carbocycles. The number of aliphatic hydroxyl groups excluding tert-OH is 1. The van der Waals surface area contributed by atoms with Crippen LogP contribution >= 0.6 is 12.4 Å². The van der Waals surface area contributed by atoms with Crippen LogP contribution in [0.25, 0.3) is 0 Å². The van der Waals surface area contributed by atoms with Gasteiger partial charge in [-0.1, -0.05) is 50.1 Å². The van der Waals surface area contributed by atoms with Gasteiger partial charge in [0.25, 0.3) is 0 Å². The van der Waals surface area contributed by atoms with Crippen molar-refractivity contribution in [1.29, 1.82) is 0 Å². The third kappa shape index (κ3) is 4.43. The van der Waals surface area contributed by atoms with Crippen molar-refractivity contribution in [2.24, 2.45) is 11.1 Å². The Hall–Kier alpha value is -1.10. The zero-order valence-corrected chi connectivity index (χ0v) is 13.2. The largest absolute Gasteiger partial charge is 0.392 e. The number of carbonyl (C=O) groups excluding carboxylic acids is 1. The highest BCUT2D eigenvalue weighted by Crippen LogP contribution is 2.35. The zero-order chi connectivity index (χ0) is 14.6. The summed E-state index contributed by atoms with van der Waals surface area (Å²) in [5.74, 6) is -0.185. The number of nitrogens with two attached hydrogens (primary N) is 1. The molecule has 1 fully saturated rings. The first-order chi connectivity index (χ1) is 9.53. The highest BCUT2D eigenvalue weighted by atomic mass is 35.5. The summed E-state index contributed by atoms with van der Waals surface area (Å²) in [6.45, 7) is 2.51. The van der Waals surface area contributed by atoms with Crippen molar-refractivity contribution in [2.45, 2.75) is 44.8 Å². The summed E-state index contributed by atoms with van der Waals surface area (Å²) in [6, 6.07) is 8.68. The summed E-state index contributed by atoms with van der Waals surface area (Å²) in [5.41, 5.74) is 6.53. The van der Waals surface area contributed by atoms with Gasteiger partial charge in [0.2, 0.25) is 5.91 Å². The zero-order valence-electron chi connectivity index (χ0n) is 12.4. The van der Waals surface area contributed by atoms with E-state index in [1.54, 1.807) is 0 Å². The van der Waals surface area contributed by atoms with E-state index in [0.29, 0.717) is 6.54 Å². The van der Waals surface area contributed by atoms with Gasteiger partial charge in [-0.05, 0) is 18.4 Å². The number of amides is 1. The van der Waals surface area contributed by atoms with E-state index in [1.165, 1.54) is 0 Å². The summed E-state index contributed by atoms with van der Waals surface area (Å²) >= 11 is 0. The maximum atomic E-state index is 12.1. The highest BCUT2D eigenvalue weighted by Gasteiger charge is 2.35. The minimum Gasteiger partial charge on any atom is -0.392 e. The molecule has 1 amide bonds. The summed E-state index contributed by atoms with van der Waals surface area (Å²) in [6.07, 6.45) is 3.58. The van der Waals surface area contributed by atoms with Gasteiger partial charge >= 0.3 is 0 Å². The average molecular weight is 313 g/mol. The lowest BCUT2D eigenvalue weighted by Crippen LogP contribution is -2.47. The Morgan fingerprint density at radius 1 is 1.43 bits per heavy atom. The second-order valence-corrected chi connectivity index (χ2v) is 6.02. The number of carbonyl (C=O) groups is 1. The fourth-order valence-electron chi connectivity index (χ4n) is 2.80. The van der Waals surface area contributed by atoms with Crippen molar-refractivity contribution in [1.82, 2.24) is 5.32 Å². The standard InChI is InChI=1S/C16H24N2O2.ClH/c1-16(10-6-5-9-13(16)19)11-18-15(20)14(17)12-7-3-2-4-8-12;/h2-4,7-8,13-14,19H,5-6,9-11,17H2,1H3,(H,18,20);1H. The van der Waals surface area contributed by atoms with E-state index in [1.807, 2.05) is 37.3 Å². The number of halogens is 1. The molecule has 0 aromatic heterocycles. The Bertz CT molecular complexity index is 455. The first-order valence-electron chi connectivity index (χ1n) is 7.29. The van der Waals surface area contributed by atoms with Gasteiger partial charge in [-0.2, -0.15) is 0 Å². The number of aliphatic hydroxyl groups is 1. The second-order valence-electron chi connectivity index (χ2n) is 6.02. The van der Waals surface area contributed by atoms with E-state index in [4.69, 9.17) is 5.73 Å². The van der Waals surface area contributed by atoms with Crippen molar-refractivity contribution in [3.8, 4) is 0 Å². The van der Waals surface area contributed by atoms with Gasteiger partial charge in [0.1, 0.15) is 6.04 Å². The smallest absolute Gasteiger partial charge is 0.241 e. The minimum absolute atomic E-state index is 0. The first-order valence-corrected chi connectivity index (χ1v) is 7.29. The fourth-order valence-corrected chi connectivity index (χ4v) is 2.80. The van der Waals surface area contributed by atoms with Gasteiger partial charge in [0.15, 0.2) is 0 Å². The Kier molecular flexibility index (Phi) is 6.65. The maximum absolute atomic E-state index is 12.1. The molecule has 2 rings (SSSR count). The van der Waals surface area contributed by atoms with Crippen LogP contribution in [-0.2, 0) is 4.79 Å². The molecule has 0 aliphatic heterocycles. The van der Waals surface area contributed by atoms with Crippen LogP contribution in [0.1, 0.15) is 44.2 Å². The molecule has 21 heavy (non-hydrogen) atoms. The van der Waals surface area contributed by atoms with Gasteiger partial charge < -0.3 is 16.2 Å². The van der Waals surface area contributed by atoms with Gasteiger partial charge in [-0.3, -0.25) is 4.79 Å². The molecule has 4 N–H and O–H groups in total. The van der Waals surface area contributed by atoms with Crippen LogP contribution in [-0.4, -0.2) is 23.7 Å². The van der Waals surface area contributed by atoms with Crippen LogP contribution in [0.2, 0.25) is 0 Å². The Morgan fingerprint density at radius 3 is 2.71 bits per heavy atom. The molecule has 4 nitrogen and oxygen atoms in total. The molecule has 1 aromatic rings. The van der Waals surface area contributed by atoms with Crippen LogP contribution in [0.3, 0.4) is 0 Å². The van der Waals surface area contributed by atoms with Crippen LogP contribution in [0.5, 0.6) is 0 Å². The number of hydrogen-bond acceptors (Lipinski definition) is 3. The lowest BCUT2D eigenvalue weighted by atomic mass is 9.73. The Labute approximate surface area is 132 Å². The van der Waals surface area contributed by atoms with E-state index in [2.05, 4.69) is 5.32 Å². The van der Waals surface area contributed by atoms with Crippen LogP contribution in [0.4, 0.5) is 0 Å². The molecule has 3 unspecified atom stereocenters. The molecule has 1 aliphatic rings. The quantitative estimate of drug-likeness (QED) is 0.797. The average Bonchev–Trinajstić information content (AvgIpc) is 2.48. The van der Waals surface area contributed by atoms with Crippen molar-refractivity contribution in [3.05, 3.63) is 35.9 Å². The van der Waals surface area contributed by atoms with Gasteiger partial charge in [-0.25, -0.2) is 0 Å². The monoisotopic (exact) mass is 312 g/mol. The van der Waals surface area contributed by atoms with E-state index < -0.39 is 6.04 Å². The fraction of sp³-hybridized carbons (Fsp3) is 0.562. The summed E-state index contributed by atoms with van der Waals surface area (Å²) in [7, 11) is 0. The second kappa shape index (κ2) is 7.78. The molecule has 1 aliphatic carbocycles. The van der Waals surface area contributed by atoms with Gasteiger partial charge in [-0.15, -0.1) is 12.4 Å². The highest BCUT2D eigenvalue weighted by molar-refractivity contribution is 5.85. The Balaban J connectivity index is 0.00000220. The SMILES string of the molecule is CC1(CNC(=O)C(N)c2ccccc2)CCCCC1O.Cl. The summed E-state index contributed by atoms with van der Waals surface area (Å²) < 4.78 is 0. The number of hydrogen-bond donors (Lipinski definition) is 3. The summed E-state index contributed by atoms with van der Waals surface area (Å²) in [5, 5.41) is 13.0. The van der Waals surface area contributed by atoms with Crippen molar-refractivity contribution < 1.29 is 9.90 Å². The summed E-state index contributed by atoms with van der Waals surface area (Å²) in [4.78, 5) is 12.1. The molecule has 1 saturated carbocycles. The molecule has 0 heterocycles. The van der Waals surface area contributed by atoms with E-state index in [0.717, 1.165) is 31.2 Å². The molecule has 0 spiro atoms. The van der Waals surface area contributed by atoms with Crippen LogP contribution in [0, 0.1) is 5.41 Å². The minimum atomic E-state index is -0.652. The normalized spacial score (nSPS) is 26.5. The molecule has 3 atom stereocenters.